The van der Waals surface area contributed by atoms with E-state index in [0.717, 1.165) is 11.0 Å². The highest BCUT2D eigenvalue weighted by molar-refractivity contribution is 9.10. The Balaban J connectivity index is 1.92. The summed E-state index contributed by atoms with van der Waals surface area (Å²) >= 11 is 3.16. The van der Waals surface area contributed by atoms with Crippen LogP contribution >= 0.6 is 15.9 Å². The number of anilines is 1. The van der Waals surface area contributed by atoms with Crippen LogP contribution in [0.2, 0.25) is 0 Å². The summed E-state index contributed by atoms with van der Waals surface area (Å²) in [5.74, 6) is -0.867. The van der Waals surface area contributed by atoms with Crippen molar-refractivity contribution >= 4 is 38.8 Å². The zero-order valence-corrected chi connectivity index (χ0v) is 11.7. The van der Waals surface area contributed by atoms with Crippen molar-refractivity contribution < 1.29 is 9.18 Å². The highest BCUT2D eigenvalue weighted by Gasteiger charge is 2.16. The van der Waals surface area contributed by atoms with Crippen LogP contribution < -0.4 is 5.32 Å². The summed E-state index contributed by atoms with van der Waals surface area (Å²) in [5.41, 5.74) is 1.48. The minimum atomic E-state index is -0.590. The third-order valence-corrected chi connectivity index (χ3v) is 3.47. The van der Waals surface area contributed by atoms with E-state index in [1.165, 1.54) is 12.1 Å². The van der Waals surface area contributed by atoms with E-state index in [1.807, 2.05) is 24.3 Å². The number of amides is 1. The molecular formula is C14H9BrFN3O. The SMILES string of the molecule is O=C(Nc1nc2ccccc2[nH]1)c1c(F)cccc1Br. The molecule has 0 unspecified atom stereocenters. The van der Waals surface area contributed by atoms with Crippen LogP contribution in [0.3, 0.4) is 0 Å². The fourth-order valence-corrected chi connectivity index (χ4v) is 2.42. The number of aromatic amines is 1. The van der Waals surface area contributed by atoms with Gasteiger partial charge in [0.15, 0.2) is 0 Å². The summed E-state index contributed by atoms with van der Waals surface area (Å²) in [6, 6.07) is 11.7. The first-order valence-corrected chi connectivity index (χ1v) is 6.64. The normalized spacial score (nSPS) is 10.7. The van der Waals surface area contributed by atoms with E-state index in [9.17, 15) is 9.18 Å². The number of nitrogens with one attached hydrogen (secondary N) is 2. The van der Waals surface area contributed by atoms with E-state index < -0.39 is 11.7 Å². The molecule has 0 bridgehead atoms. The second-order valence-corrected chi connectivity index (χ2v) is 5.01. The van der Waals surface area contributed by atoms with Gasteiger partial charge in [-0.25, -0.2) is 9.37 Å². The lowest BCUT2D eigenvalue weighted by molar-refractivity contribution is 0.102. The number of H-pyrrole nitrogens is 1. The standard InChI is InChI=1S/C14H9BrFN3O/c15-8-4-3-5-9(16)12(8)13(20)19-14-17-10-6-1-2-7-11(10)18-14/h1-7H,(H2,17,18,19,20). The van der Waals surface area contributed by atoms with Crippen LogP contribution in [0.5, 0.6) is 0 Å². The fourth-order valence-electron chi connectivity index (χ4n) is 1.90. The minimum Gasteiger partial charge on any atom is -0.324 e. The van der Waals surface area contributed by atoms with Crippen molar-refractivity contribution in [2.45, 2.75) is 0 Å². The van der Waals surface area contributed by atoms with Crippen LogP contribution in [0.15, 0.2) is 46.9 Å². The molecule has 0 aliphatic heterocycles. The summed E-state index contributed by atoms with van der Waals surface area (Å²) in [4.78, 5) is 19.3. The predicted molar refractivity (Wildman–Crippen MR) is 78.1 cm³/mol. The van der Waals surface area contributed by atoms with Crippen molar-refractivity contribution in [2.24, 2.45) is 0 Å². The van der Waals surface area contributed by atoms with Gasteiger partial charge >= 0.3 is 0 Å². The van der Waals surface area contributed by atoms with Crippen LogP contribution in [0.4, 0.5) is 10.3 Å². The number of para-hydroxylation sites is 2. The number of imidazole rings is 1. The van der Waals surface area contributed by atoms with E-state index in [1.54, 1.807) is 6.07 Å². The molecule has 3 aromatic rings. The maximum absolute atomic E-state index is 13.7. The van der Waals surface area contributed by atoms with Crippen molar-refractivity contribution in [3.63, 3.8) is 0 Å². The second-order valence-electron chi connectivity index (χ2n) is 4.15. The Labute approximate surface area is 122 Å². The number of halogens is 2. The smallest absolute Gasteiger partial charge is 0.262 e. The average Bonchev–Trinajstić information content (AvgIpc) is 2.80. The molecule has 6 heteroatoms. The van der Waals surface area contributed by atoms with E-state index >= 15 is 0 Å². The lowest BCUT2D eigenvalue weighted by Crippen LogP contribution is -2.15. The van der Waals surface area contributed by atoms with Crippen molar-refractivity contribution in [2.75, 3.05) is 5.32 Å². The number of rotatable bonds is 2. The number of benzene rings is 2. The number of hydrogen-bond donors (Lipinski definition) is 2. The van der Waals surface area contributed by atoms with Gasteiger partial charge in [-0.2, -0.15) is 0 Å². The second kappa shape index (κ2) is 5.05. The highest BCUT2D eigenvalue weighted by Crippen LogP contribution is 2.21. The Kier molecular flexibility index (Phi) is 3.23. The quantitative estimate of drug-likeness (QED) is 0.750. The number of aromatic nitrogens is 2. The van der Waals surface area contributed by atoms with Crippen molar-refractivity contribution in [3.8, 4) is 0 Å². The number of carbonyl (C=O) groups excluding carboxylic acids is 1. The molecule has 1 heterocycles. The number of fused-ring (bicyclic) bond motifs is 1. The largest absolute Gasteiger partial charge is 0.324 e. The molecule has 20 heavy (non-hydrogen) atoms. The molecule has 0 fully saturated rings. The molecule has 0 aliphatic carbocycles. The number of carbonyl (C=O) groups is 1. The van der Waals surface area contributed by atoms with Crippen molar-refractivity contribution in [1.29, 1.82) is 0 Å². The molecule has 0 atom stereocenters. The molecule has 100 valence electrons. The fraction of sp³-hybridized carbons (Fsp3) is 0. The Bertz CT molecular complexity index is 747. The summed E-state index contributed by atoms with van der Waals surface area (Å²) in [6.07, 6.45) is 0. The van der Waals surface area contributed by atoms with E-state index in [4.69, 9.17) is 0 Å². The molecule has 2 N–H and O–H groups in total. The molecule has 0 aliphatic rings. The predicted octanol–water partition coefficient (Wildman–Crippen LogP) is 3.72. The van der Waals surface area contributed by atoms with Crippen LogP contribution in [0.1, 0.15) is 10.4 Å². The van der Waals surface area contributed by atoms with Gasteiger partial charge in [0.1, 0.15) is 5.82 Å². The number of hydrogen-bond acceptors (Lipinski definition) is 2. The van der Waals surface area contributed by atoms with E-state index in [-0.39, 0.29) is 11.5 Å². The summed E-state index contributed by atoms with van der Waals surface area (Å²) in [7, 11) is 0. The van der Waals surface area contributed by atoms with E-state index in [2.05, 4.69) is 31.2 Å². The Morgan fingerprint density at radius 3 is 2.75 bits per heavy atom. The van der Waals surface area contributed by atoms with Crippen LogP contribution in [0.25, 0.3) is 11.0 Å². The molecule has 3 rings (SSSR count). The lowest BCUT2D eigenvalue weighted by atomic mass is 10.2. The first kappa shape index (κ1) is 12.8. The highest BCUT2D eigenvalue weighted by atomic mass is 79.9. The molecule has 0 spiro atoms. The molecule has 1 aromatic heterocycles. The van der Waals surface area contributed by atoms with Crippen LogP contribution in [-0.2, 0) is 0 Å². The van der Waals surface area contributed by atoms with Gasteiger partial charge in [-0.3, -0.25) is 10.1 Å². The first-order valence-electron chi connectivity index (χ1n) is 5.85. The van der Waals surface area contributed by atoms with Crippen molar-refractivity contribution in [1.82, 2.24) is 9.97 Å². The molecule has 0 saturated carbocycles. The van der Waals surface area contributed by atoms with Crippen LogP contribution in [0, 0.1) is 5.82 Å². The van der Waals surface area contributed by atoms with Gasteiger partial charge in [0.25, 0.3) is 5.91 Å². The van der Waals surface area contributed by atoms with Crippen molar-refractivity contribution in [3.05, 3.63) is 58.3 Å². The lowest BCUT2D eigenvalue weighted by Gasteiger charge is -2.05. The minimum absolute atomic E-state index is 0.0482. The van der Waals surface area contributed by atoms with Gasteiger partial charge in [-0.1, -0.05) is 18.2 Å². The molecule has 0 radical (unpaired) electrons. The maximum atomic E-state index is 13.7. The topological polar surface area (TPSA) is 57.8 Å². The number of nitrogens with zero attached hydrogens (tertiary/aromatic N) is 1. The van der Waals surface area contributed by atoms with E-state index in [0.29, 0.717) is 4.47 Å². The molecule has 0 saturated heterocycles. The zero-order chi connectivity index (χ0) is 14.1. The first-order chi connectivity index (χ1) is 9.65. The van der Waals surface area contributed by atoms with Gasteiger partial charge in [-0.15, -0.1) is 0 Å². The van der Waals surface area contributed by atoms with Gasteiger partial charge in [0.05, 0.1) is 16.6 Å². The van der Waals surface area contributed by atoms with Gasteiger partial charge in [0, 0.05) is 4.47 Å². The Morgan fingerprint density at radius 1 is 1.20 bits per heavy atom. The summed E-state index contributed by atoms with van der Waals surface area (Å²) in [5, 5.41) is 2.55. The average molecular weight is 334 g/mol. The summed E-state index contributed by atoms with van der Waals surface area (Å²) in [6.45, 7) is 0. The zero-order valence-electron chi connectivity index (χ0n) is 10.2. The Hall–Kier alpha value is -2.21. The monoisotopic (exact) mass is 333 g/mol. The summed E-state index contributed by atoms with van der Waals surface area (Å²) < 4.78 is 14.1. The molecule has 2 aromatic carbocycles. The third-order valence-electron chi connectivity index (χ3n) is 2.81. The maximum Gasteiger partial charge on any atom is 0.262 e. The molecule has 1 amide bonds. The molecular weight excluding hydrogens is 325 g/mol. The van der Waals surface area contributed by atoms with Gasteiger partial charge < -0.3 is 4.98 Å². The third kappa shape index (κ3) is 2.30. The van der Waals surface area contributed by atoms with Crippen LogP contribution in [-0.4, -0.2) is 15.9 Å². The molecule has 4 nitrogen and oxygen atoms in total. The Morgan fingerprint density at radius 2 is 2.00 bits per heavy atom. The van der Waals surface area contributed by atoms with Gasteiger partial charge in [-0.05, 0) is 40.2 Å². The van der Waals surface area contributed by atoms with Gasteiger partial charge in [0.2, 0.25) is 5.95 Å².